The molecule has 1 aromatic rings. The molecule has 0 aromatic heterocycles. The summed E-state index contributed by atoms with van der Waals surface area (Å²) in [5.74, 6) is 3.49. The van der Waals surface area contributed by atoms with Gasteiger partial charge in [0, 0.05) is 11.6 Å². The highest BCUT2D eigenvalue weighted by Gasteiger charge is 2.52. The van der Waals surface area contributed by atoms with Crippen molar-refractivity contribution >= 4 is 11.5 Å². The van der Waals surface area contributed by atoms with E-state index in [-0.39, 0.29) is 5.97 Å². The minimum absolute atomic E-state index is 0.307. The third-order valence-corrected chi connectivity index (χ3v) is 7.35. The number of carbonyl (C=O) groups excluding carboxylic acids is 1. The first-order valence-corrected chi connectivity index (χ1v) is 11.4. The van der Waals surface area contributed by atoms with Gasteiger partial charge in [0.05, 0.1) is 13.7 Å². The molecule has 4 aliphatic rings. The van der Waals surface area contributed by atoms with Crippen molar-refractivity contribution in [3.05, 3.63) is 59.7 Å². The molecular weight excluding hydrogens is 372 g/mol. The maximum Gasteiger partial charge on any atom is 0.330 e. The molecule has 4 aliphatic carbocycles. The molecule has 160 valence electrons. The molecule has 30 heavy (non-hydrogen) atoms. The van der Waals surface area contributed by atoms with E-state index in [4.69, 9.17) is 9.47 Å². The summed E-state index contributed by atoms with van der Waals surface area (Å²) >= 11 is 0. The fraction of sp³-hybridized carbons (Fsp3) is 0.519. The van der Waals surface area contributed by atoms with Gasteiger partial charge in [-0.1, -0.05) is 30.4 Å². The Morgan fingerprint density at radius 3 is 2.33 bits per heavy atom. The Morgan fingerprint density at radius 1 is 1.07 bits per heavy atom. The first-order valence-electron chi connectivity index (χ1n) is 11.4. The van der Waals surface area contributed by atoms with Crippen LogP contribution in [0, 0.1) is 17.8 Å². The average molecular weight is 407 g/mol. The van der Waals surface area contributed by atoms with E-state index in [0.29, 0.717) is 12.0 Å². The van der Waals surface area contributed by atoms with Gasteiger partial charge in [0.1, 0.15) is 5.75 Å². The van der Waals surface area contributed by atoms with Crippen molar-refractivity contribution in [2.45, 2.75) is 57.8 Å². The number of benzene rings is 1. The highest BCUT2D eigenvalue weighted by Crippen LogP contribution is 2.62. The molecule has 0 unspecified atom stereocenters. The largest absolute Gasteiger partial charge is 0.496 e. The van der Waals surface area contributed by atoms with E-state index in [0.717, 1.165) is 23.5 Å². The first-order chi connectivity index (χ1) is 14.5. The minimum Gasteiger partial charge on any atom is -0.496 e. The first kappa shape index (κ1) is 21.0. The summed E-state index contributed by atoms with van der Waals surface area (Å²) in [5.41, 5.74) is 4.21. The molecule has 0 atom stereocenters. The van der Waals surface area contributed by atoms with Crippen molar-refractivity contribution in [1.29, 1.82) is 0 Å². The van der Waals surface area contributed by atoms with E-state index in [1.54, 1.807) is 20.1 Å². The second-order valence-corrected chi connectivity index (χ2v) is 9.46. The van der Waals surface area contributed by atoms with Gasteiger partial charge in [0.2, 0.25) is 0 Å². The van der Waals surface area contributed by atoms with Gasteiger partial charge in [0.25, 0.3) is 0 Å². The molecular formula is C27H34O3. The molecule has 0 saturated heterocycles. The zero-order valence-corrected chi connectivity index (χ0v) is 18.5. The van der Waals surface area contributed by atoms with Crippen LogP contribution in [0.2, 0.25) is 0 Å². The Balaban J connectivity index is 1.55. The molecule has 0 spiro atoms. The lowest BCUT2D eigenvalue weighted by atomic mass is 9.48. The summed E-state index contributed by atoms with van der Waals surface area (Å²) in [5, 5.41) is 0. The number of carbonyl (C=O) groups is 1. The van der Waals surface area contributed by atoms with Crippen LogP contribution in [0.3, 0.4) is 0 Å². The monoisotopic (exact) mass is 406 g/mol. The topological polar surface area (TPSA) is 35.5 Å². The van der Waals surface area contributed by atoms with Crippen LogP contribution >= 0.6 is 0 Å². The van der Waals surface area contributed by atoms with Gasteiger partial charge < -0.3 is 9.47 Å². The Bertz CT molecular complexity index is 839. The highest BCUT2D eigenvalue weighted by atomic mass is 16.5. The van der Waals surface area contributed by atoms with E-state index >= 15 is 0 Å². The Kier molecular flexibility index (Phi) is 6.17. The van der Waals surface area contributed by atoms with E-state index < -0.39 is 0 Å². The number of ether oxygens (including phenoxy) is 2. The smallest absolute Gasteiger partial charge is 0.330 e. The number of esters is 1. The SMILES string of the molecule is CCOC(=O)C=CC=CC=C(C)c1ccc(OC)c(C23CC4CC(CC(C4)C2)C3)c1. The van der Waals surface area contributed by atoms with Crippen LogP contribution in [0.5, 0.6) is 5.75 Å². The van der Waals surface area contributed by atoms with Gasteiger partial charge in [-0.05, 0) is 98.8 Å². The van der Waals surface area contributed by atoms with Crippen molar-refractivity contribution < 1.29 is 14.3 Å². The van der Waals surface area contributed by atoms with Crippen LogP contribution in [0.15, 0.2) is 48.6 Å². The third-order valence-electron chi connectivity index (χ3n) is 7.35. The van der Waals surface area contributed by atoms with Crippen molar-refractivity contribution in [3.8, 4) is 5.75 Å². The van der Waals surface area contributed by atoms with Crippen molar-refractivity contribution in [2.75, 3.05) is 13.7 Å². The molecule has 3 nitrogen and oxygen atoms in total. The quantitative estimate of drug-likeness (QED) is 0.305. The molecule has 0 heterocycles. The fourth-order valence-electron chi connectivity index (χ4n) is 6.49. The fourth-order valence-corrected chi connectivity index (χ4v) is 6.49. The lowest BCUT2D eigenvalue weighted by molar-refractivity contribution is -0.137. The van der Waals surface area contributed by atoms with Crippen LogP contribution in [0.4, 0.5) is 0 Å². The van der Waals surface area contributed by atoms with Gasteiger partial charge in [0.15, 0.2) is 0 Å². The number of allylic oxidation sites excluding steroid dienone is 5. The van der Waals surface area contributed by atoms with E-state index in [1.807, 2.05) is 12.2 Å². The van der Waals surface area contributed by atoms with E-state index in [1.165, 1.54) is 61.3 Å². The number of rotatable bonds is 7. The summed E-state index contributed by atoms with van der Waals surface area (Å²) < 4.78 is 10.7. The van der Waals surface area contributed by atoms with Crippen molar-refractivity contribution in [1.82, 2.24) is 0 Å². The molecule has 5 rings (SSSR count). The molecule has 4 fully saturated rings. The summed E-state index contributed by atoms with van der Waals surface area (Å²) in [6.07, 6.45) is 17.4. The van der Waals surface area contributed by atoms with Crippen molar-refractivity contribution in [3.63, 3.8) is 0 Å². The van der Waals surface area contributed by atoms with E-state index in [2.05, 4.69) is 31.2 Å². The summed E-state index contributed by atoms with van der Waals surface area (Å²) in [6, 6.07) is 6.71. The number of hydrogen-bond acceptors (Lipinski definition) is 3. The average Bonchev–Trinajstić information content (AvgIpc) is 2.72. The second-order valence-electron chi connectivity index (χ2n) is 9.46. The maximum atomic E-state index is 11.4. The van der Waals surface area contributed by atoms with Crippen LogP contribution in [0.1, 0.15) is 63.5 Å². The highest BCUT2D eigenvalue weighted by molar-refractivity contribution is 5.82. The molecule has 0 N–H and O–H groups in total. The van der Waals surface area contributed by atoms with Crippen LogP contribution in [-0.4, -0.2) is 19.7 Å². The Morgan fingerprint density at radius 2 is 1.73 bits per heavy atom. The van der Waals surface area contributed by atoms with Crippen LogP contribution < -0.4 is 4.74 Å². The van der Waals surface area contributed by atoms with Gasteiger partial charge in [-0.25, -0.2) is 4.79 Å². The normalized spacial score (nSPS) is 30.4. The summed E-state index contributed by atoms with van der Waals surface area (Å²) in [6.45, 7) is 4.35. The van der Waals surface area contributed by atoms with Gasteiger partial charge in [-0.2, -0.15) is 0 Å². The number of hydrogen-bond donors (Lipinski definition) is 0. The van der Waals surface area contributed by atoms with Crippen LogP contribution in [0.25, 0.3) is 5.57 Å². The van der Waals surface area contributed by atoms with Crippen LogP contribution in [-0.2, 0) is 14.9 Å². The van der Waals surface area contributed by atoms with Gasteiger partial charge in [-0.3, -0.25) is 0 Å². The zero-order chi connectivity index (χ0) is 21.1. The molecule has 0 radical (unpaired) electrons. The summed E-state index contributed by atoms with van der Waals surface area (Å²) in [7, 11) is 1.81. The minimum atomic E-state index is -0.307. The molecule has 0 aliphatic heterocycles. The number of methoxy groups -OCH3 is 1. The predicted molar refractivity (Wildman–Crippen MR) is 121 cm³/mol. The lowest BCUT2D eigenvalue weighted by Gasteiger charge is -2.57. The van der Waals surface area contributed by atoms with Gasteiger partial charge in [-0.15, -0.1) is 0 Å². The molecule has 4 saturated carbocycles. The Labute approximate surface area is 180 Å². The standard InChI is InChI=1S/C27H34O3/c1-4-30-26(28)9-7-5-6-8-19(2)23-10-11-25(29-3)24(15-23)27-16-20-12-21(17-27)14-22(13-20)18-27/h5-11,15,20-22H,4,12-14,16-18H2,1-3H3. The predicted octanol–water partition coefficient (Wildman–Crippen LogP) is 6.24. The maximum absolute atomic E-state index is 11.4. The molecule has 4 bridgehead atoms. The molecule has 0 amide bonds. The molecule has 1 aromatic carbocycles. The lowest BCUT2D eigenvalue weighted by Crippen LogP contribution is -2.48. The van der Waals surface area contributed by atoms with E-state index in [9.17, 15) is 4.79 Å². The van der Waals surface area contributed by atoms with Crippen molar-refractivity contribution in [2.24, 2.45) is 17.8 Å². The third kappa shape index (κ3) is 4.26. The Hall–Kier alpha value is -2.29. The van der Waals surface area contributed by atoms with Gasteiger partial charge >= 0.3 is 5.97 Å². The molecule has 3 heteroatoms. The summed E-state index contributed by atoms with van der Waals surface area (Å²) in [4.78, 5) is 11.4. The second kappa shape index (κ2) is 8.83. The zero-order valence-electron chi connectivity index (χ0n) is 18.5.